The highest BCUT2D eigenvalue weighted by Crippen LogP contribution is 2.29. The number of aliphatic carboxylic acids is 1. The lowest BCUT2D eigenvalue weighted by Crippen LogP contribution is -2.06. The number of benzene rings is 1. The number of aromatic nitrogens is 1. The van der Waals surface area contributed by atoms with E-state index in [0.29, 0.717) is 6.54 Å². The van der Waals surface area contributed by atoms with Crippen LogP contribution in [-0.2, 0) is 11.3 Å². The third-order valence-electron chi connectivity index (χ3n) is 3.62. The Morgan fingerprint density at radius 1 is 1.22 bits per heavy atom. The highest BCUT2D eigenvalue weighted by Gasteiger charge is 2.13. The maximum atomic E-state index is 10.8. The number of hydrogen-bond donors (Lipinski definition) is 1. The molecule has 18 heavy (non-hydrogen) atoms. The molecule has 0 spiro atoms. The number of carboxylic acid groups (broad SMARTS) is 1. The van der Waals surface area contributed by atoms with E-state index < -0.39 is 5.97 Å². The lowest BCUT2D eigenvalue weighted by atomic mass is 10.1. The van der Waals surface area contributed by atoms with E-state index in [0.717, 1.165) is 0 Å². The lowest BCUT2D eigenvalue weighted by Gasteiger charge is -2.09. The van der Waals surface area contributed by atoms with Crippen molar-refractivity contribution in [3.63, 3.8) is 0 Å². The van der Waals surface area contributed by atoms with E-state index in [4.69, 9.17) is 5.11 Å². The fourth-order valence-corrected chi connectivity index (χ4v) is 2.66. The van der Waals surface area contributed by atoms with Crippen molar-refractivity contribution in [1.82, 2.24) is 4.57 Å². The van der Waals surface area contributed by atoms with Crippen LogP contribution in [-0.4, -0.2) is 15.6 Å². The summed E-state index contributed by atoms with van der Waals surface area (Å²) in [4.78, 5) is 10.8. The molecule has 0 fully saturated rings. The van der Waals surface area contributed by atoms with Gasteiger partial charge in [-0.05, 0) is 44.9 Å². The summed E-state index contributed by atoms with van der Waals surface area (Å²) >= 11 is 0. The Bertz CT molecular complexity index is 623. The molecule has 0 amide bonds. The van der Waals surface area contributed by atoms with Gasteiger partial charge in [-0.1, -0.05) is 11.6 Å². The Morgan fingerprint density at radius 3 is 2.50 bits per heavy atom. The van der Waals surface area contributed by atoms with Gasteiger partial charge in [0.15, 0.2) is 0 Å². The van der Waals surface area contributed by atoms with Crippen molar-refractivity contribution < 1.29 is 9.90 Å². The van der Waals surface area contributed by atoms with Crippen molar-refractivity contribution in [2.45, 2.75) is 40.7 Å². The Kier molecular flexibility index (Phi) is 3.16. The van der Waals surface area contributed by atoms with E-state index in [9.17, 15) is 4.79 Å². The van der Waals surface area contributed by atoms with E-state index >= 15 is 0 Å². The summed E-state index contributed by atoms with van der Waals surface area (Å²) in [6.45, 7) is 8.89. The second-order valence-electron chi connectivity index (χ2n) is 4.98. The third kappa shape index (κ3) is 2.01. The van der Waals surface area contributed by atoms with Crippen molar-refractivity contribution in [2.24, 2.45) is 0 Å². The number of carbonyl (C=O) groups is 1. The molecular weight excluding hydrogens is 226 g/mol. The van der Waals surface area contributed by atoms with Crippen LogP contribution in [0.25, 0.3) is 10.9 Å². The zero-order valence-electron chi connectivity index (χ0n) is 11.4. The van der Waals surface area contributed by atoms with Gasteiger partial charge in [0.05, 0.1) is 11.9 Å². The summed E-state index contributed by atoms with van der Waals surface area (Å²) in [5, 5.41) is 10.1. The van der Waals surface area contributed by atoms with Crippen LogP contribution in [0, 0.1) is 27.7 Å². The molecule has 1 aromatic carbocycles. The van der Waals surface area contributed by atoms with Gasteiger partial charge in [-0.3, -0.25) is 4.79 Å². The van der Waals surface area contributed by atoms with Gasteiger partial charge in [-0.15, -0.1) is 0 Å². The quantitative estimate of drug-likeness (QED) is 0.901. The first-order valence-corrected chi connectivity index (χ1v) is 6.20. The smallest absolute Gasteiger partial charge is 0.305 e. The van der Waals surface area contributed by atoms with Crippen LogP contribution in [0.3, 0.4) is 0 Å². The summed E-state index contributed by atoms with van der Waals surface area (Å²) in [7, 11) is 0. The van der Waals surface area contributed by atoms with E-state index in [1.807, 2.05) is 0 Å². The summed E-state index contributed by atoms with van der Waals surface area (Å²) in [5.74, 6) is -0.751. The van der Waals surface area contributed by atoms with Crippen molar-refractivity contribution in [3.05, 3.63) is 34.5 Å². The zero-order valence-corrected chi connectivity index (χ0v) is 11.4. The largest absolute Gasteiger partial charge is 0.481 e. The van der Waals surface area contributed by atoms with E-state index in [2.05, 4.69) is 44.4 Å². The van der Waals surface area contributed by atoms with Gasteiger partial charge in [0.1, 0.15) is 0 Å². The Balaban J connectivity index is 2.65. The summed E-state index contributed by atoms with van der Waals surface area (Å²) in [6, 6.07) is 4.33. The van der Waals surface area contributed by atoms with Crippen molar-refractivity contribution in [3.8, 4) is 0 Å². The minimum atomic E-state index is -0.751. The average molecular weight is 245 g/mol. The highest BCUT2D eigenvalue weighted by molar-refractivity contribution is 5.88. The van der Waals surface area contributed by atoms with E-state index in [-0.39, 0.29) is 6.42 Å². The molecule has 0 atom stereocenters. The molecule has 0 aliphatic rings. The van der Waals surface area contributed by atoms with Crippen molar-refractivity contribution >= 4 is 16.9 Å². The SMILES string of the molecule is Cc1cc(C)c2c(c1)c(C)c(C)n2CCC(=O)O. The minimum absolute atomic E-state index is 0.164. The molecular formula is C15H19NO2. The molecule has 0 saturated carbocycles. The number of hydrogen-bond acceptors (Lipinski definition) is 1. The third-order valence-corrected chi connectivity index (χ3v) is 3.62. The fourth-order valence-electron chi connectivity index (χ4n) is 2.66. The number of carboxylic acids is 1. The first-order chi connectivity index (χ1) is 8.41. The summed E-state index contributed by atoms with van der Waals surface area (Å²) < 4.78 is 2.13. The van der Waals surface area contributed by atoms with Crippen LogP contribution in [0.2, 0.25) is 0 Å². The van der Waals surface area contributed by atoms with Gasteiger partial charge in [-0.2, -0.15) is 0 Å². The van der Waals surface area contributed by atoms with E-state index in [1.165, 1.54) is 33.3 Å². The summed E-state index contributed by atoms with van der Waals surface area (Å²) in [6.07, 6.45) is 0.164. The van der Waals surface area contributed by atoms with Gasteiger partial charge in [0.2, 0.25) is 0 Å². The standard InChI is InChI=1S/C15H19NO2/c1-9-7-10(2)15-13(8-9)11(3)12(4)16(15)6-5-14(17)18/h7-8H,5-6H2,1-4H3,(H,17,18). The molecule has 3 nitrogen and oxygen atoms in total. The summed E-state index contributed by atoms with van der Waals surface area (Å²) in [5.41, 5.74) is 6.06. The number of fused-ring (bicyclic) bond motifs is 1. The monoisotopic (exact) mass is 245 g/mol. The predicted molar refractivity (Wildman–Crippen MR) is 73.1 cm³/mol. The Morgan fingerprint density at radius 2 is 1.89 bits per heavy atom. The number of rotatable bonds is 3. The maximum Gasteiger partial charge on any atom is 0.305 e. The molecule has 2 rings (SSSR count). The molecule has 0 radical (unpaired) electrons. The van der Waals surface area contributed by atoms with Gasteiger partial charge in [0, 0.05) is 17.6 Å². The topological polar surface area (TPSA) is 42.2 Å². The van der Waals surface area contributed by atoms with E-state index in [1.54, 1.807) is 0 Å². The normalized spacial score (nSPS) is 11.1. The number of aryl methyl sites for hydroxylation is 4. The Hall–Kier alpha value is -1.77. The molecule has 2 aromatic rings. The van der Waals surface area contributed by atoms with Gasteiger partial charge in [-0.25, -0.2) is 0 Å². The molecule has 1 aromatic heterocycles. The second kappa shape index (κ2) is 4.48. The lowest BCUT2D eigenvalue weighted by molar-refractivity contribution is -0.137. The van der Waals surface area contributed by atoms with Gasteiger partial charge in [0.25, 0.3) is 0 Å². The van der Waals surface area contributed by atoms with Crippen molar-refractivity contribution in [1.29, 1.82) is 0 Å². The molecule has 3 heteroatoms. The molecule has 0 aliphatic heterocycles. The molecule has 0 aliphatic carbocycles. The van der Waals surface area contributed by atoms with Crippen LogP contribution >= 0.6 is 0 Å². The van der Waals surface area contributed by atoms with Gasteiger partial charge < -0.3 is 9.67 Å². The first-order valence-electron chi connectivity index (χ1n) is 6.20. The minimum Gasteiger partial charge on any atom is -0.481 e. The van der Waals surface area contributed by atoms with Gasteiger partial charge >= 0.3 is 5.97 Å². The van der Waals surface area contributed by atoms with Crippen molar-refractivity contribution in [2.75, 3.05) is 0 Å². The molecule has 96 valence electrons. The average Bonchev–Trinajstić information content (AvgIpc) is 2.51. The molecule has 0 unspecified atom stereocenters. The molecule has 1 heterocycles. The Labute approximate surface area is 107 Å². The first kappa shape index (κ1) is 12.7. The maximum absolute atomic E-state index is 10.8. The van der Waals surface area contributed by atoms with Crippen LogP contribution in [0.4, 0.5) is 0 Å². The fraction of sp³-hybridized carbons (Fsp3) is 0.400. The van der Waals surface area contributed by atoms with Crippen LogP contribution < -0.4 is 0 Å². The van der Waals surface area contributed by atoms with Crippen LogP contribution in [0.15, 0.2) is 12.1 Å². The highest BCUT2D eigenvalue weighted by atomic mass is 16.4. The molecule has 0 saturated heterocycles. The number of nitrogens with zero attached hydrogens (tertiary/aromatic N) is 1. The molecule has 1 N–H and O–H groups in total. The zero-order chi connectivity index (χ0) is 13.4. The predicted octanol–water partition coefficient (Wildman–Crippen LogP) is 3.35. The van der Waals surface area contributed by atoms with Crippen LogP contribution in [0.1, 0.15) is 28.8 Å². The second-order valence-corrected chi connectivity index (χ2v) is 4.98. The van der Waals surface area contributed by atoms with Crippen LogP contribution in [0.5, 0.6) is 0 Å². The molecule has 0 bridgehead atoms.